The van der Waals surface area contributed by atoms with Crippen molar-refractivity contribution in [2.75, 3.05) is 19.1 Å². The smallest absolute Gasteiger partial charge is 0.294 e. The lowest BCUT2D eigenvalue weighted by molar-refractivity contribution is -0.288. The zero-order valence-electron chi connectivity index (χ0n) is 4.26. The van der Waals surface area contributed by atoms with Crippen LogP contribution in [0.3, 0.4) is 0 Å². The van der Waals surface area contributed by atoms with E-state index in [9.17, 15) is 0 Å². The van der Waals surface area contributed by atoms with Crippen LogP contribution in [0.15, 0.2) is 0 Å². The van der Waals surface area contributed by atoms with Gasteiger partial charge in [0.05, 0.1) is 13.2 Å². The number of aliphatic hydroxyl groups is 1. The minimum absolute atomic E-state index is 0.0347. The van der Waals surface area contributed by atoms with Crippen LogP contribution < -0.4 is 0 Å². The van der Waals surface area contributed by atoms with Gasteiger partial charge in [-0.05, 0) is 0 Å². The van der Waals surface area contributed by atoms with Gasteiger partial charge in [-0.3, -0.25) is 0 Å². The first-order valence-corrected chi connectivity index (χ1v) is 2.86. The molecule has 1 heterocycles. The summed E-state index contributed by atoms with van der Waals surface area (Å²) in [6, 6.07) is 0. The fourth-order valence-electron chi connectivity index (χ4n) is 0.521. The second-order valence-corrected chi connectivity index (χ2v) is 1.81. The van der Waals surface area contributed by atoms with E-state index in [1.54, 1.807) is 0 Å². The summed E-state index contributed by atoms with van der Waals surface area (Å²) < 4.78 is 9.38. The second-order valence-electron chi connectivity index (χ2n) is 1.54. The van der Waals surface area contributed by atoms with E-state index in [0.29, 0.717) is 13.2 Å². The van der Waals surface area contributed by atoms with E-state index in [2.05, 4.69) is 0 Å². The molecule has 0 atom stereocenters. The molecule has 0 bridgehead atoms. The predicted octanol–water partition coefficient (Wildman–Crippen LogP) is -0.0819. The molecule has 0 unspecified atom stereocenters. The van der Waals surface area contributed by atoms with E-state index in [0.717, 1.165) is 0 Å². The molecule has 0 aromatic carbocycles. The molecular formula is C4H7ClO3. The Hall–Kier alpha value is 0.170. The molecular weight excluding hydrogens is 131 g/mol. The third kappa shape index (κ3) is 1.11. The molecule has 0 aromatic rings. The summed E-state index contributed by atoms with van der Waals surface area (Å²) in [5.41, 5.74) is 0. The summed E-state index contributed by atoms with van der Waals surface area (Å²) in [6.45, 7) is 0.840. The Balaban J connectivity index is 2.40. The SMILES string of the molecule is OC1(CCl)OCCO1. The molecule has 1 fully saturated rings. The van der Waals surface area contributed by atoms with Gasteiger partial charge in [0, 0.05) is 0 Å². The predicted molar refractivity (Wildman–Crippen MR) is 27.6 cm³/mol. The highest BCUT2D eigenvalue weighted by Gasteiger charge is 2.32. The van der Waals surface area contributed by atoms with Crippen LogP contribution in [-0.2, 0) is 9.47 Å². The average molecular weight is 139 g/mol. The van der Waals surface area contributed by atoms with Gasteiger partial charge in [-0.15, -0.1) is 11.6 Å². The number of halogens is 1. The van der Waals surface area contributed by atoms with Crippen molar-refractivity contribution < 1.29 is 14.6 Å². The number of alkyl halides is 1. The Labute approximate surface area is 52.2 Å². The third-order valence-electron chi connectivity index (χ3n) is 0.907. The molecule has 8 heavy (non-hydrogen) atoms. The molecule has 4 heteroatoms. The summed E-state index contributed by atoms with van der Waals surface area (Å²) in [5, 5.41) is 8.92. The van der Waals surface area contributed by atoms with Gasteiger partial charge in [-0.1, -0.05) is 0 Å². The minimum atomic E-state index is -1.50. The monoisotopic (exact) mass is 138 g/mol. The van der Waals surface area contributed by atoms with Gasteiger partial charge >= 0.3 is 0 Å². The zero-order valence-corrected chi connectivity index (χ0v) is 5.02. The van der Waals surface area contributed by atoms with E-state index in [4.69, 9.17) is 26.2 Å². The highest BCUT2D eigenvalue weighted by molar-refractivity contribution is 6.18. The van der Waals surface area contributed by atoms with Crippen molar-refractivity contribution in [2.24, 2.45) is 0 Å². The quantitative estimate of drug-likeness (QED) is 0.515. The van der Waals surface area contributed by atoms with Gasteiger partial charge in [0.1, 0.15) is 5.88 Å². The molecule has 0 saturated carbocycles. The molecule has 1 aliphatic heterocycles. The number of hydrogen-bond donors (Lipinski definition) is 1. The van der Waals surface area contributed by atoms with Crippen LogP contribution >= 0.6 is 11.6 Å². The summed E-state index contributed by atoms with van der Waals surface area (Å²) in [5.74, 6) is -1.53. The molecule has 0 spiro atoms. The molecule has 1 saturated heterocycles. The topological polar surface area (TPSA) is 38.7 Å². The summed E-state index contributed by atoms with van der Waals surface area (Å²) in [4.78, 5) is 0. The fraction of sp³-hybridized carbons (Fsp3) is 1.00. The second kappa shape index (κ2) is 2.19. The lowest BCUT2D eigenvalue weighted by Crippen LogP contribution is -2.31. The average Bonchev–Trinajstić information content (AvgIpc) is 2.17. The maximum atomic E-state index is 8.92. The third-order valence-corrected chi connectivity index (χ3v) is 1.25. The van der Waals surface area contributed by atoms with Crippen LogP contribution in [0.4, 0.5) is 0 Å². The van der Waals surface area contributed by atoms with Crippen LogP contribution in [0.2, 0.25) is 0 Å². The van der Waals surface area contributed by atoms with Crippen LogP contribution in [0.25, 0.3) is 0 Å². The number of hydrogen-bond acceptors (Lipinski definition) is 3. The van der Waals surface area contributed by atoms with Gasteiger partial charge in [0.25, 0.3) is 5.97 Å². The van der Waals surface area contributed by atoms with Crippen molar-refractivity contribution >= 4 is 11.6 Å². The van der Waals surface area contributed by atoms with E-state index >= 15 is 0 Å². The fourth-order valence-corrected chi connectivity index (χ4v) is 0.675. The van der Waals surface area contributed by atoms with Crippen molar-refractivity contribution in [1.29, 1.82) is 0 Å². The first-order valence-electron chi connectivity index (χ1n) is 2.33. The van der Waals surface area contributed by atoms with Crippen LogP contribution in [0.1, 0.15) is 0 Å². The maximum absolute atomic E-state index is 8.92. The van der Waals surface area contributed by atoms with Crippen molar-refractivity contribution in [3.63, 3.8) is 0 Å². The molecule has 0 aromatic heterocycles. The van der Waals surface area contributed by atoms with E-state index < -0.39 is 5.97 Å². The Morgan fingerprint density at radius 3 is 2.25 bits per heavy atom. The minimum Gasteiger partial charge on any atom is -0.342 e. The molecule has 1 N–H and O–H groups in total. The van der Waals surface area contributed by atoms with Crippen LogP contribution in [0, 0.1) is 0 Å². The van der Waals surface area contributed by atoms with Gasteiger partial charge in [0.15, 0.2) is 0 Å². The molecule has 48 valence electrons. The Bertz CT molecular complexity index is 79.4. The Kier molecular flexibility index (Phi) is 1.72. The molecule has 1 aliphatic rings. The molecule has 0 amide bonds. The standard InChI is InChI=1S/C4H7ClO3/c5-3-4(6)7-1-2-8-4/h6H,1-3H2. The maximum Gasteiger partial charge on any atom is 0.294 e. The first-order chi connectivity index (χ1) is 3.77. The lowest BCUT2D eigenvalue weighted by Gasteiger charge is -2.15. The lowest BCUT2D eigenvalue weighted by atomic mass is 10.7. The summed E-state index contributed by atoms with van der Waals surface area (Å²) in [6.07, 6.45) is 0. The first kappa shape index (κ1) is 6.29. The highest BCUT2D eigenvalue weighted by Crippen LogP contribution is 2.16. The largest absolute Gasteiger partial charge is 0.342 e. The highest BCUT2D eigenvalue weighted by atomic mass is 35.5. The van der Waals surface area contributed by atoms with Crippen molar-refractivity contribution in [3.05, 3.63) is 0 Å². The molecule has 0 aliphatic carbocycles. The summed E-state index contributed by atoms with van der Waals surface area (Å²) in [7, 11) is 0. The Morgan fingerprint density at radius 1 is 1.50 bits per heavy atom. The molecule has 3 nitrogen and oxygen atoms in total. The van der Waals surface area contributed by atoms with E-state index in [1.165, 1.54) is 0 Å². The molecule has 0 radical (unpaired) electrons. The van der Waals surface area contributed by atoms with Gasteiger partial charge < -0.3 is 14.6 Å². The molecule has 1 rings (SSSR count). The van der Waals surface area contributed by atoms with Gasteiger partial charge in [-0.2, -0.15) is 0 Å². The van der Waals surface area contributed by atoms with Crippen molar-refractivity contribution in [3.8, 4) is 0 Å². The Morgan fingerprint density at radius 2 is 2.00 bits per heavy atom. The van der Waals surface area contributed by atoms with Crippen molar-refractivity contribution in [2.45, 2.75) is 5.97 Å². The van der Waals surface area contributed by atoms with Crippen molar-refractivity contribution in [1.82, 2.24) is 0 Å². The number of ether oxygens (including phenoxy) is 2. The van der Waals surface area contributed by atoms with Crippen LogP contribution in [0.5, 0.6) is 0 Å². The van der Waals surface area contributed by atoms with Gasteiger partial charge in [0.2, 0.25) is 0 Å². The van der Waals surface area contributed by atoms with Crippen LogP contribution in [-0.4, -0.2) is 30.2 Å². The van der Waals surface area contributed by atoms with E-state index in [-0.39, 0.29) is 5.88 Å². The van der Waals surface area contributed by atoms with Gasteiger partial charge in [-0.25, -0.2) is 0 Å². The number of rotatable bonds is 1. The zero-order chi connectivity index (χ0) is 6.04. The summed E-state index contributed by atoms with van der Waals surface area (Å²) >= 11 is 5.25. The normalized spacial score (nSPS) is 26.2. The van der Waals surface area contributed by atoms with E-state index in [1.807, 2.05) is 0 Å².